The first-order valence-corrected chi connectivity index (χ1v) is 7.84. The second-order valence-electron chi connectivity index (χ2n) is 5.80. The molecule has 1 N–H and O–H groups in total. The maximum atomic E-state index is 9.18. The minimum Gasteiger partial charge on any atom is -0.393 e. The minimum absolute atomic E-state index is 0.110. The lowest BCUT2D eigenvalue weighted by atomic mass is 9.96. The molecule has 0 aromatic heterocycles. The molecule has 0 heterocycles. The van der Waals surface area contributed by atoms with Crippen molar-refractivity contribution in [2.45, 2.75) is 97.5 Å². The van der Waals surface area contributed by atoms with Gasteiger partial charge < -0.3 is 5.11 Å². The van der Waals surface area contributed by atoms with Gasteiger partial charge in [0, 0.05) is 0 Å². The van der Waals surface area contributed by atoms with Gasteiger partial charge in [-0.25, -0.2) is 0 Å². The molecule has 1 heteroatoms. The van der Waals surface area contributed by atoms with Crippen molar-refractivity contribution < 1.29 is 5.11 Å². The zero-order valence-corrected chi connectivity index (χ0v) is 12.4. The van der Waals surface area contributed by atoms with Crippen LogP contribution in [-0.4, -0.2) is 11.2 Å². The van der Waals surface area contributed by atoms with E-state index in [1.807, 2.05) is 6.92 Å². The summed E-state index contributed by atoms with van der Waals surface area (Å²) in [5.41, 5.74) is 0. The summed E-state index contributed by atoms with van der Waals surface area (Å²) < 4.78 is 0. The largest absolute Gasteiger partial charge is 0.393 e. The fraction of sp³-hybridized carbons (Fsp3) is 1.00. The summed E-state index contributed by atoms with van der Waals surface area (Å²) in [6.07, 6.45) is 14.6. The lowest BCUT2D eigenvalue weighted by Crippen LogP contribution is -2.01. The predicted molar refractivity (Wildman–Crippen MR) is 77.3 cm³/mol. The van der Waals surface area contributed by atoms with Crippen LogP contribution in [0.25, 0.3) is 0 Å². The molecule has 0 aliphatic carbocycles. The van der Waals surface area contributed by atoms with Crippen LogP contribution in [0.5, 0.6) is 0 Å². The Morgan fingerprint density at radius 2 is 1.24 bits per heavy atom. The maximum Gasteiger partial charge on any atom is 0.0512 e. The zero-order chi connectivity index (χ0) is 12.9. The normalized spacial score (nSPS) is 14.8. The number of aliphatic hydroxyl groups is 1. The number of unbranched alkanes of at least 4 members (excludes halogenated alkanes) is 6. The summed E-state index contributed by atoms with van der Waals surface area (Å²) in [5, 5.41) is 9.18. The molecular formula is C16H34O. The lowest BCUT2D eigenvalue weighted by molar-refractivity contribution is 0.178. The van der Waals surface area contributed by atoms with E-state index in [1.165, 1.54) is 64.2 Å². The number of hydrogen-bond acceptors (Lipinski definition) is 1. The summed E-state index contributed by atoms with van der Waals surface area (Å²) >= 11 is 0. The van der Waals surface area contributed by atoms with E-state index < -0.39 is 0 Å². The highest BCUT2D eigenvalue weighted by atomic mass is 16.3. The van der Waals surface area contributed by atoms with Crippen LogP contribution in [0.15, 0.2) is 0 Å². The first-order chi connectivity index (χ1) is 8.16. The van der Waals surface area contributed by atoms with Gasteiger partial charge in [0.2, 0.25) is 0 Å². The van der Waals surface area contributed by atoms with Gasteiger partial charge in [-0.3, -0.25) is 0 Å². The maximum absolute atomic E-state index is 9.18. The van der Waals surface area contributed by atoms with Crippen molar-refractivity contribution in [1.82, 2.24) is 0 Å². The molecule has 0 saturated carbocycles. The van der Waals surface area contributed by atoms with Gasteiger partial charge in [0.15, 0.2) is 0 Å². The molecule has 0 aromatic carbocycles. The van der Waals surface area contributed by atoms with Crippen LogP contribution < -0.4 is 0 Å². The molecule has 0 radical (unpaired) electrons. The minimum atomic E-state index is -0.110. The third kappa shape index (κ3) is 13.9. The van der Waals surface area contributed by atoms with Crippen LogP contribution in [0, 0.1) is 5.92 Å². The van der Waals surface area contributed by atoms with Gasteiger partial charge in [0.1, 0.15) is 0 Å². The molecule has 104 valence electrons. The molecule has 0 saturated heterocycles. The van der Waals surface area contributed by atoms with Crippen molar-refractivity contribution in [3.8, 4) is 0 Å². The predicted octanol–water partition coefficient (Wildman–Crippen LogP) is 5.31. The molecule has 0 bridgehead atoms. The van der Waals surface area contributed by atoms with E-state index in [4.69, 9.17) is 0 Å². The molecule has 2 atom stereocenters. The van der Waals surface area contributed by atoms with Crippen molar-refractivity contribution in [3.63, 3.8) is 0 Å². The number of rotatable bonds is 12. The second kappa shape index (κ2) is 12.4. The van der Waals surface area contributed by atoms with Crippen molar-refractivity contribution in [1.29, 1.82) is 0 Å². The second-order valence-corrected chi connectivity index (χ2v) is 5.80. The molecule has 1 nitrogen and oxygen atoms in total. The smallest absolute Gasteiger partial charge is 0.0512 e. The highest BCUT2D eigenvalue weighted by Crippen LogP contribution is 2.17. The summed E-state index contributed by atoms with van der Waals surface area (Å²) in [6.45, 7) is 6.52. The SMILES string of the molecule is CCCCCCCCCC(C)CCCC(C)O. The third-order valence-electron chi connectivity index (χ3n) is 3.62. The van der Waals surface area contributed by atoms with E-state index in [1.54, 1.807) is 0 Å². The van der Waals surface area contributed by atoms with E-state index in [0.717, 1.165) is 12.3 Å². The summed E-state index contributed by atoms with van der Waals surface area (Å²) in [6, 6.07) is 0. The Morgan fingerprint density at radius 3 is 1.82 bits per heavy atom. The van der Waals surface area contributed by atoms with Gasteiger partial charge in [-0.15, -0.1) is 0 Å². The van der Waals surface area contributed by atoms with Crippen LogP contribution in [0.4, 0.5) is 0 Å². The van der Waals surface area contributed by atoms with Crippen molar-refractivity contribution in [2.24, 2.45) is 5.92 Å². The molecular weight excluding hydrogens is 208 g/mol. The van der Waals surface area contributed by atoms with Gasteiger partial charge in [0.25, 0.3) is 0 Å². The Hall–Kier alpha value is -0.0400. The molecule has 0 spiro atoms. The van der Waals surface area contributed by atoms with Crippen molar-refractivity contribution in [2.75, 3.05) is 0 Å². The molecule has 0 aliphatic heterocycles. The molecule has 0 fully saturated rings. The summed E-state index contributed by atoms with van der Waals surface area (Å²) in [5.74, 6) is 0.851. The fourth-order valence-electron chi connectivity index (χ4n) is 2.36. The van der Waals surface area contributed by atoms with E-state index in [-0.39, 0.29) is 6.10 Å². The highest BCUT2D eigenvalue weighted by molar-refractivity contribution is 4.56. The van der Waals surface area contributed by atoms with Gasteiger partial charge in [-0.2, -0.15) is 0 Å². The molecule has 0 aliphatic rings. The van der Waals surface area contributed by atoms with Gasteiger partial charge in [-0.05, 0) is 19.3 Å². The zero-order valence-electron chi connectivity index (χ0n) is 12.4. The Morgan fingerprint density at radius 1 is 0.706 bits per heavy atom. The van der Waals surface area contributed by atoms with E-state index in [2.05, 4.69) is 13.8 Å². The average Bonchev–Trinajstić information content (AvgIpc) is 2.27. The lowest BCUT2D eigenvalue weighted by Gasteiger charge is -2.11. The molecule has 0 aromatic rings. The molecule has 2 unspecified atom stereocenters. The summed E-state index contributed by atoms with van der Waals surface area (Å²) in [4.78, 5) is 0. The first kappa shape index (κ1) is 17.0. The van der Waals surface area contributed by atoms with E-state index >= 15 is 0 Å². The first-order valence-electron chi connectivity index (χ1n) is 7.84. The van der Waals surface area contributed by atoms with Gasteiger partial charge in [0.05, 0.1) is 6.10 Å². The topological polar surface area (TPSA) is 20.2 Å². The van der Waals surface area contributed by atoms with Crippen LogP contribution in [0.1, 0.15) is 91.4 Å². The quantitative estimate of drug-likeness (QED) is 0.460. The van der Waals surface area contributed by atoms with Gasteiger partial charge in [-0.1, -0.05) is 78.1 Å². The van der Waals surface area contributed by atoms with Crippen LogP contribution in [0.2, 0.25) is 0 Å². The fourth-order valence-corrected chi connectivity index (χ4v) is 2.36. The summed E-state index contributed by atoms with van der Waals surface area (Å²) in [7, 11) is 0. The monoisotopic (exact) mass is 242 g/mol. The standard InChI is InChI=1S/C16H34O/c1-4-5-6-7-8-9-10-12-15(2)13-11-14-16(3)17/h15-17H,4-14H2,1-3H3. The highest BCUT2D eigenvalue weighted by Gasteiger charge is 2.03. The average molecular weight is 242 g/mol. The van der Waals surface area contributed by atoms with Crippen LogP contribution in [0.3, 0.4) is 0 Å². The molecule has 0 rings (SSSR count). The Balaban J connectivity index is 3.13. The Kier molecular flexibility index (Phi) is 12.4. The van der Waals surface area contributed by atoms with E-state index in [0.29, 0.717) is 0 Å². The molecule has 0 amide bonds. The third-order valence-corrected chi connectivity index (χ3v) is 3.62. The number of aliphatic hydroxyl groups excluding tert-OH is 1. The molecule has 17 heavy (non-hydrogen) atoms. The van der Waals surface area contributed by atoms with Crippen LogP contribution >= 0.6 is 0 Å². The number of hydrogen-bond donors (Lipinski definition) is 1. The Bertz CT molecular complexity index is 142. The van der Waals surface area contributed by atoms with Crippen LogP contribution in [-0.2, 0) is 0 Å². The van der Waals surface area contributed by atoms with Crippen molar-refractivity contribution >= 4 is 0 Å². The van der Waals surface area contributed by atoms with Crippen molar-refractivity contribution in [3.05, 3.63) is 0 Å². The van der Waals surface area contributed by atoms with E-state index in [9.17, 15) is 5.11 Å². The van der Waals surface area contributed by atoms with Gasteiger partial charge >= 0.3 is 0 Å². The Labute approximate surface area is 109 Å².